The highest BCUT2D eigenvalue weighted by Crippen LogP contribution is 2.30. The van der Waals surface area contributed by atoms with E-state index in [0.717, 1.165) is 15.8 Å². The first-order valence-electron chi connectivity index (χ1n) is 11.2. The molecule has 1 N–H and O–H groups in total. The summed E-state index contributed by atoms with van der Waals surface area (Å²) in [6.45, 7) is 8.66. The number of urea groups is 1. The number of hydrogen-bond acceptors (Lipinski definition) is 6. The first-order chi connectivity index (χ1) is 16.9. The fraction of sp³-hybridized carbons (Fsp3) is 0.269. The quantitative estimate of drug-likeness (QED) is 0.247. The van der Waals surface area contributed by atoms with Crippen LogP contribution in [0.4, 0.5) is 4.79 Å². The molecule has 4 amide bonds. The van der Waals surface area contributed by atoms with E-state index in [4.69, 9.17) is 14.2 Å². The third-order valence-electron chi connectivity index (χ3n) is 4.92. The van der Waals surface area contributed by atoms with Crippen LogP contribution >= 0.6 is 15.9 Å². The summed E-state index contributed by atoms with van der Waals surface area (Å²) >= 11 is 3.39. The summed E-state index contributed by atoms with van der Waals surface area (Å²) in [5.74, 6) is 0.0909. The van der Waals surface area contributed by atoms with Crippen LogP contribution in [0.15, 0.2) is 59.1 Å². The predicted octanol–water partition coefficient (Wildman–Crippen LogP) is 4.86. The second-order valence-electron chi connectivity index (χ2n) is 7.55. The van der Waals surface area contributed by atoms with Gasteiger partial charge in [-0.2, -0.15) is 0 Å². The van der Waals surface area contributed by atoms with Gasteiger partial charge in [0.25, 0.3) is 11.8 Å². The number of amides is 4. The lowest BCUT2D eigenvalue weighted by atomic mass is 10.1. The van der Waals surface area contributed by atoms with E-state index in [2.05, 4.69) is 27.8 Å². The van der Waals surface area contributed by atoms with Crippen LogP contribution < -0.4 is 19.5 Å². The monoisotopic (exact) mass is 542 g/mol. The lowest BCUT2D eigenvalue weighted by molar-refractivity contribution is -0.130. The molecule has 184 valence electrons. The zero-order valence-corrected chi connectivity index (χ0v) is 21.2. The number of hydrogen-bond donors (Lipinski definition) is 1. The summed E-state index contributed by atoms with van der Waals surface area (Å²) in [5.41, 5.74) is 0.969. The van der Waals surface area contributed by atoms with Crippen molar-refractivity contribution in [2.45, 2.75) is 26.8 Å². The molecule has 2 aromatic carbocycles. The molecule has 2 aromatic rings. The number of nitrogens with one attached hydrogen (secondary N) is 1. The van der Waals surface area contributed by atoms with Crippen molar-refractivity contribution in [2.24, 2.45) is 0 Å². The van der Waals surface area contributed by atoms with Gasteiger partial charge in [0.2, 0.25) is 0 Å². The highest BCUT2D eigenvalue weighted by atomic mass is 79.9. The van der Waals surface area contributed by atoms with Gasteiger partial charge in [0, 0.05) is 10.0 Å². The van der Waals surface area contributed by atoms with E-state index in [-0.39, 0.29) is 18.7 Å². The van der Waals surface area contributed by atoms with E-state index < -0.39 is 17.8 Å². The van der Waals surface area contributed by atoms with Gasteiger partial charge in [0.1, 0.15) is 17.9 Å². The zero-order chi connectivity index (χ0) is 25.4. The third-order valence-corrected chi connectivity index (χ3v) is 5.42. The van der Waals surface area contributed by atoms with Crippen molar-refractivity contribution in [1.29, 1.82) is 0 Å². The van der Waals surface area contributed by atoms with Gasteiger partial charge in [-0.3, -0.25) is 19.8 Å². The molecule has 0 unspecified atom stereocenters. The van der Waals surface area contributed by atoms with Crippen molar-refractivity contribution in [3.8, 4) is 17.2 Å². The summed E-state index contributed by atoms with van der Waals surface area (Å²) in [6, 6.07) is 9.65. The Hall–Kier alpha value is -3.59. The van der Waals surface area contributed by atoms with E-state index in [1.807, 2.05) is 13.8 Å². The Bertz CT molecular complexity index is 1160. The number of ether oxygens (including phenoxy) is 3. The van der Waals surface area contributed by atoms with Crippen LogP contribution in [0.1, 0.15) is 31.4 Å². The maximum atomic E-state index is 13.2. The van der Waals surface area contributed by atoms with Gasteiger partial charge < -0.3 is 14.2 Å². The topological polar surface area (TPSA) is 94.2 Å². The molecule has 1 aliphatic rings. The Labute approximate surface area is 212 Å². The maximum absolute atomic E-state index is 13.2. The molecular formula is C26H27BrN2O6. The van der Waals surface area contributed by atoms with Gasteiger partial charge in [-0.15, -0.1) is 0 Å². The average Bonchev–Trinajstić information content (AvgIpc) is 2.83. The van der Waals surface area contributed by atoms with Gasteiger partial charge in [-0.1, -0.05) is 41.6 Å². The van der Waals surface area contributed by atoms with Crippen LogP contribution in [0.25, 0.3) is 6.08 Å². The summed E-state index contributed by atoms with van der Waals surface area (Å²) in [7, 11) is 0. The minimum Gasteiger partial charge on any atom is -0.490 e. The Kier molecular flexibility index (Phi) is 9.08. The van der Waals surface area contributed by atoms with Gasteiger partial charge >= 0.3 is 6.03 Å². The van der Waals surface area contributed by atoms with Crippen molar-refractivity contribution in [3.63, 3.8) is 0 Å². The molecule has 3 rings (SSSR count). The first-order valence-corrected chi connectivity index (χ1v) is 12.0. The van der Waals surface area contributed by atoms with Crippen molar-refractivity contribution in [2.75, 3.05) is 19.8 Å². The second-order valence-corrected chi connectivity index (χ2v) is 8.47. The number of rotatable bonds is 11. The number of halogens is 1. The third kappa shape index (κ3) is 6.51. The van der Waals surface area contributed by atoms with E-state index in [1.54, 1.807) is 42.5 Å². The molecule has 0 saturated carbocycles. The molecule has 1 aliphatic heterocycles. The smallest absolute Gasteiger partial charge is 0.331 e. The Balaban J connectivity index is 1.90. The fourth-order valence-corrected chi connectivity index (χ4v) is 3.72. The maximum Gasteiger partial charge on any atom is 0.331 e. The molecule has 35 heavy (non-hydrogen) atoms. The SMILES string of the molecule is C=CCOc1ccc(Br)cc1/C=C1\C(=O)NC(=O)N(Cc2ccc(OCCC)c(OCC)c2)C1=O. The first kappa shape index (κ1) is 26.0. The molecule has 0 radical (unpaired) electrons. The van der Waals surface area contributed by atoms with Crippen LogP contribution in [0.5, 0.6) is 17.2 Å². The highest BCUT2D eigenvalue weighted by Gasteiger charge is 2.36. The number of nitrogens with zero attached hydrogens (tertiary/aromatic N) is 1. The second kappa shape index (κ2) is 12.2. The molecular weight excluding hydrogens is 516 g/mol. The van der Waals surface area contributed by atoms with Crippen molar-refractivity contribution in [3.05, 3.63) is 70.2 Å². The lowest BCUT2D eigenvalue weighted by Crippen LogP contribution is -2.53. The van der Waals surface area contributed by atoms with Crippen molar-refractivity contribution >= 4 is 39.9 Å². The summed E-state index contributed by atoms with van der Waals surface area (Å²) in [6.07, 6.45) is 3.84. The lowest BCUT2D eigenvalue weighted by Gasteiger charge is -2.27. The summed E-state index contributed by atoms with van der Waals surface area (Å²) in [5, 5.41) is 2.24. The molecule has 0 aliphatic carbocycles. The van der Waals surface area contributed by atoms with Gasteiger partial charge in [0.15, 0.2) is 11.5 Å². The van der Waals surface area contributed by atoms with Crippen LogP contribution in [-0.4, -0.2) is 42.6 Å². The molecule has 0 spiro atoms. The van der Waals surface area contributed by atoms with E-state index >= 15 is 0 Å². The molecule has 8 nitrogen and oxygen atoms in total. The van der Waals surface area contributed by atoms with Gasteiger partial charge in [0.05, 0.1) is 19.8 Å². The summed E-state index contributed by atoms with van der Waals surface area (Å²) < 4.78 is 17.8. The zero-order valence-electron chi connectivity index (χ0n) is 19.6. The minimum atomic E-state index is -0.793. The molecule has 0 aromatic heterocycles. The average molecular weight is 543 g/mol. The Morgan fingerprint density at radius 1 is 1.00 bits per heavy atom. The number of imide groups is 2. The fourth-order valence-electron chi connectivity index (χ4n) is 3.34. The highest BCUT2D eigenvalue weighted by molar-refractivity contribution is 9.10. The number of carbonyl (C=O) groups is 3. The van der Waals surface area contributed by atoms with Crippen molar-refractivity contribution < 1.29 is 28.6 Å². The van der Waals surface area contributed by atoms with Crippen LogP contribution in [0.2, 0.25) is 0 Å². The van der Waals surface area contributed by atoms with Crippen LogP contribution in [0.3, 0.4) is 0 Å². The minimum absolute atomic E-state index is 0.0538. The molecule has 0 bridgehead atoms. The normalized spacial score (nSPS) is 14.7. The molecule has 0 atom stereocenters. The Morgan fingerprint density at radius 3 is 2.49 bits per heavy atom. The number of carbonyl (C=O) groups excluding carboxylic acids is 3. The van der Waals surface area contributed by atoms with Crippen LogP contribution in [0, 0.1) is 0 Å². The Morgan fingerprint density at radius 2 is 1.77 bits per heavy atom. The van der Waals surface area contributed by atoms with E-state index in [9.17, 15) is 14.4 Å². The molecule has 1 heterocycles. The largest absolute Gasteiger partial charge is 0.490 e. The summed E-state index contributed by atoms with van der Waals surface area (Å²) in [4.78, 5) is 39.3. The van der Waals surface area contributed by atoms with Crippen LogP contribution in [-0.2, 0) is 16.1 Å². The van der Waals surface area contributed by atoms with Gasteiger partial charge in [-0.05, 0) is 55.3 Å². The molecule has 1 saturated heterocycles. The van der Waals surface area contributed by atoms with Gasteiger partial charge in [-0.25, -0.2) is 4.79 Å². The predicted molar refractivity (Wildman–Crippen MR) is 135 cm³/mol. The van der Waals surface area contributed by atoms with Crippen molar-refractivity contribution in [1.82, 2.24) is 10.2 Å². The van der Waals surface area contributed by atoms with E-state index in [1.165, 1.54) is 6.08 Å². The van der Waals surface area contributed by atoms with E-state index in [0.29, 0.717) is 41.6 Å². The standard InChI is InChI=1S/C26H27BrN2O6/c1-4-11-34-21-10-8-19(27)14-18(21)15-20-24(30)28-26(32)29(25(20)31)16-17-7-9-22(35-12-5-2)23(13-17)33-6-3/h4,7-10,13-15H,1,5-6,11-12,16H2,2-3H3,(H,28,30,32)/b20-15+. The molecule has 9 heteroatoms. The number of benzene rings is 2. The molecule has 1 fully saturated rings. The number of barbiturate groups is 1.